The summed E-state index contributed by atoms with van der Waals surface area (Å²) in [5.74, 6) is -0.288. The molecule has 4 aromatic heterocycles. The molecule has 1 aliphatic rings. The molecule has 4 aromatic rings. The number of rotatable bonds is 8. The van der Waals surface area contributed by atoms with Crippen molar-refractivity contribution in [1.82, 2.24) is 39.0 Å². The van der Waals surface area contributed by atoms with Crippen LogP contribution >= 0.6 is 6.72 Å². The average molecular weight is 577 g/mol. The Labute approximate surface area is 213 Å². The molecule has 0 saturated carbocycles. The summed E-state index contributed by atoms with van der Waals surface area (Å²) in [5.41, 5.74) is 3.48. The maximum absolute atomic E-state index is 15.2. The van der Waals surface area contributed by atoms with Gasteiger partial charge < -0.3 is 30.6 Å². The minimum atomic E-state index is -4.69. The van der Waals surface area contributed by atoms with Gasteiger partial charge in [0.25, 0.3) is 17.5 Å². The number of aliphatic hydroxyl groups is 2. The number of hydrogen-bond acceptors (Lipinski definition) is 13. The monoisotopic (exact) mass is 577 g/mol. The Balaban J connectivity index is 1.40. The molecule has 17 nitrogen and oxygen atoms in total. The fraction of sp³-hybridized carbons (Fsp3) is 0.412. The molecule has 1 saturated heterocycles. The van der Waals surface area contributed by atoms with Crippen molar-refractivity contribution in [3.63, 3.8) is 0 Å². The van der Waals surface area contributed by atoms with Crippen molar-refractivity contribution in [3.8, 4) is 0 Å². The molecule has 0 aliphatic carbocycles. The van der Waals surface area contributed by atoms with E-state index in [4.69, 9.17) is 31.3 Å². The molecule has 0 radical (unpaired) electrons. The van der Waals surface area contributed by atoms with Crippen molar-refractivity contribution >= 4 is 46.8 Å². The third-order valence-corrected chi connectivity index (χ3v) is 7.04. The van der Waals surface area contributed by atoms with Crippen LogP contribution in [-0.2, 0) is 25.6 Å². The van der Waals surface area contributed by atoms with Gasteiger partial charge in [0.2, 0.25) is 5.95 Å². The number of hydrogen-bond donors (Lipinski definition) is 6. The first-order valence-electron chi connectivity index (χ1n) is 10.6. The lowest BCUT2D eigenvalue weighted by atomic mass is 10.1. The van der Waals surface area contributed by atoms with E-state index in [1.165, 1.54) is 0 Å². The molecule has 0 aromatic carbocycles. The van der Waals surface area contributed by atoms with Crippen LogP contribution in [0.5, 0.6) is 0 Å². The Bertz CT molecular complexity index is 1660. The van der Waals surface area contributed by atoms with E-state index in [9.17, 15) is 29.1 Å². The topological polar surface area (TPSA) is 242 Å². The van der Waals surface area contributed by atoms with Gasteiger partial charge in [-0.1, -0.05) is 0 Å². The van der Waals surface area contributed by atoms with Gasteiger partial charge in [-0.3, -0.25) is 32.8 Å². The molecule has 5 heterocycles. The highest BCUT2D eigenvalue weighted by Crippen LogP contribution is 2.52. The Morgan fingerprint density at radius 1 is 1.24 bits per heavy atom. The third kappa shape index (κ3) is 4.60. The highest BCUT2D eigenvalue weighted by atomic mass is 32.5. The number of alkyl halides is 2. The molecule has 204 valence electrons. The summed E-state index contributed by atoms with van der Waals surface area (Å²) in [7, 11) is 0. The Kier molecular flexibility index (Phi) is 6.82. The summed E-state index contributed by atoms with van der Waals surface area (Å²) in [6.45, 7) is -5.51. The fourth-order valence-corrected chi connectivity index (χ4v) is 5.34. The molecule has 5 rings (SSSR count). The minimum Gasteiger partial charge on any atom is -0.394 e. The number of aromatic nitrogens is 8. The molecule has 1 aliphatic heterocycles. The first-order valence-corrected chi connectivity index (χ1v) is 13.1. The van der Waals surface area contributed by atoms with Gasteiger partial charge in [-0.15, -0.1) is 0 Å². The van der Waals surface area contributed by atoms with Crippen LogP contribution in [0.1, 0.15) is 12.5 Å². The van der Waals surface area contributed by atoms with Gasteiger partial charge in [-0.25, -0.2) is 23.7 Å². The largest absolute Gasteiger partial charge is 0.394 e. The summed E-state index contributed by atoms with van der Waals surface area (Å²) in [4.78, 5) is 54.3. The summed E-state index contributed by atoms with van der Waals surface area (Å²) in [6, 6.07) is 0. The molecule has 38 heavy (non-hydrogen) atoms. The van der Waals surface area contributed by atoms with Gasteiger partial charge in [-0.05, 0) is 11.8 Å². The normalized spacial score (nSPS) is 25.1. The minimum absolute atomic E-state index is 0.143. The van der Waals surface area contributed by atoms with Crippen LogP contribution in [0.3, 0.4) is 0 Å². The van der Waals surface area contributed by atoms with Crippen molar-refractivity contribution in [2.45, 2.75) is 37.2 Å². The van der Waals surface area contributed by atoms with E-state index in [2.05, 4.69) is 29.9 Å². The molecule has 0 amide bonds. The van der Waals surface area contributed by atoms with E-state index in [0.717, 1.165) is 28.1 Å². The van der Waals surface area contributed by atoms with E-state index in [1.54, 1.807) is 0 Å². The maximum Gasteiger partial charge on any atom is 0.327 e. The second-order valence-electron chi connectivity index (χ2n) is 7.93. The van der Waals surface area contributed by atoms with Crippen LogP contribution in [0.2, 0.25) is 0 Å². The summed E-state index contributed by atoms with van der Waals surface area (Å²) in [5, 5.41) is 19.9. The number of anilines is 1. The van der Waals surface area contributed by atoms with Crippen LogP contribution in [0, 0.1) is 0 Å². The summed E-state index contributed by atoms with van der Waals surface area (Å²) >= 11 is 4.84. The molecular weight excluding hydrogens is 559 g/mol. The molecule has 21 heteroatoms. The van der Waals surface area contributed by atoms with E-state index in [0.29, 0.717) is 0 Å². The predicted molar refractivity (Wildman–Crippen MR) is 125 cm³/mol. The SMILES string of the molecule is Nc1nc2c(ncn2[C@@H]2O[C@H](CO)[C@@H](F)[C@H]2OP(O)(=S)O[C@H](F)C(O)n2cnc3c(=O)[nH]cnc32)c(=O)[nH]1. The zero-order valence-electron chi connectivity index (χ0n) is 18.7. The smallest absolute Gasteiger partial charge is 0.327 e. The van der Waals surface area contributed by atoms with Gasteiger partial charge in [0.05, 0.1) is 25.6 Å². The van der Waals surface area contributed by atoms with Crippen molar-refractivity contribution in [2.75, 3.05) is 12.3 Å². The number of aliphatic hydroxyl groups excluding tert-OH is 2. The second kappa shape index (κ2) is 9.82. The van der Waals surface area contributed by atoms with Crippen LogP contribution in [-0.4, -0.2) is 85.5 Å². The number of ether oxygens (including phenoxy) is 1. The van der Waals surface area contributed by atoms with Crippen LogP contribution in [0.15, 0.2) is 28.6 Å². The number of fused-ring (bicyclic) bond motifs is 2. The van der Waals surface area contributed by atoms with Gasteiger partial charge in [-0.2, -0.15) is 4.98 Å². The Hall–Kier alpha value is -3.23. The van der Waals surface area contributed by atoms with E-state index in [1.807, 2.05) is 0 Å². The number of imidazole rings is 2. The fourth-order valence-electron chi connectivity index (χ4n) is 3.85. The van der Waals surface area contributed by atoms with Gasteiger partial charge in [0.15, 0.2) is 41.0 Å². The molecule has 7 N–H and O–H groups in total. The van der Waals surface area contributed by atoms with Gasteiger partial charge in [0.1, 0.15) is 12.2 Å². The first kappa shape index (κ1) is 26.4. The number of nitrogen functional groups attached to an aromatic ring is 1. The number of nitrogens with zero attached hydrogens (tertiary/aromatic N) is 6. The maximum atomic E-state index is 15.2. The van der Waals surface area contributed by atoms with Crippen LogP contribution in [0.4, 0.5) is 14.7 Å². The van der Waals surface area contributed by atoms with Crippen molar-refractivity contribution in [3.05, 3.63) is 39.7 Å². The lowest BCUT2D eigenvalue weighted by Crippen LogP contribution is -2.32. The van der Waals surface area contributed by atoms with Crippen molar-refractivity contribution in [1.29, 1.82) is 0 Å². The van der Waals surface area contributed by atoms with E-state index < -0.39 is 61.6 Å². The zero-order valence-corrected chi connectivity index (χ0v) is 20.4. The number of aromatic amines is 2. The molecule has 0 spiro atoms. The average Bonchev–Trinajstić information content (AvgIpc) is 3.55. The molecule has 0 bridgehead atoms. The molecular formula is C17H18F2N9O8PS. The van der Waals surface area contributed by atoms with E-state index in [-0.39, 0.29) is 28.3 Å². The third-order valence-electron chi connectivity index (χ3n) is 5.54. The number of H-pyrrole nitrogens is 2. The van der Waals surface area contributed by atoms with Crippen molar-refractivity contribution < 1.29 is 37.7 Å². The van der Waals surface area contributed by atoms with Gasteiger partial charge >= 0.3 is 6.72 Å². The number of halogens is 2. The predicted octanol–water partition coefficient (Wildman–Crippen LogP) is -1.53. The second-order valence-corrected chi connectivity index (χ2v) is 10.7. The summed E-state index contributed by atoms with van der Waals surface area (Å²) < 4.78 is 47.4. The standard InChI is InChI=1S/C17H18F2N9O8PS/c18-6-5(1-29)34-16(28-4-24-8-12(28)25-17(20)26-14(8)31)9(6)35-37(33,38)36-10(19)15(32)27-3-23-7-11(27)21-2-22-13(7)30/h2-6,9-10,15-16,29,32H,1H2,(H,33,38)(H,21,22,30)(H3,20,25,26,31)/t5-,6-,9-,10+,15?,16-,37?/m1/s1. The Morgan fingerprint density at radius 2 is 1.95 bits per heavy atom. The highest BCUT2D eigenvalue weighted by Gasteiger charge is 2.50. The first-order chi connectivity index (χ1) is 18.0. The number of nitrogens with two attached hydrogens (primary N) is 1. The lowest BCUT2D eigenvalue weighted by molar-refractivity contribution is -0.0979. The number of nitrogens with one attached hydrogen (secondary N) is 2. The molecule has 7 atom stereocenters. The zero-order chi connectivity index (χ0) is 27.4. The lowest BCUT2D eigenvalue weighted by Gasteiger charge is -2.27. The quantitative estimate of drug-likeness (QED) is 0.130. The van der Waals surface area contributed by atoms with Gasteiger partial charge in [0, 0.05) is 0 Å². The van der Waals surface area contributed by atoms with Crippen molar-refractivity contribution in [2.24, 2.45) is 0 Å². The van der Waals surface area contributed by atoms with Crippen LogP contribution < -0.4 is 16.9 Å². The summed E-state index contributed by atoms with van der Waals surface area (Å²) in [6.07, 6.45) is -8.94. The van der Waals surface area contributed by atoms with Crippen LogP contribution in [0.25, 0.3) is 22.3 Å². The molecule has 1 fully saturated rings. The molecule has 2 unspecified atom stereocenters. The Morgan fingerprint density at radius 3 is 2.68 bits per heavy atom. The van der Waals surface area contributed by atoms with E-state index >= 15 is 4.39 Å². The highest BCUT2D eigenvalue weighted by molar-refractivity contribution is 8.07.